The van der Waals surface area contributed by atoms with Crippen molar-refractivity contribution >= 4 is 5.97 Å². The van der Waals surface area contributed by atoms with Crippen LogP contribution in [0.2, 0.25) is 0 Å². The fourth-order valence-corrected chi connectivity index (χ4v) is 2.71. The molecule has 0 radical (unpaired) electrons. The molecule has 0 spiro atoms. The van der Waals surface area contributed by atoms with E-state index in [1.54, 1.807) is 0 Å². The maximum atomic E-state index is 11.6. The van der Waals surface area contributed by atoms with Gasteiger partial charge in [0.2, 0.25) is 0 Å². The predicted molar refractivity (Wildman–Crippen MR) is 55.1 cm³/mol. The number of carbonyl (C=O) groups excluding carboxylic acids is 1. The minimum Gasteiger partial charge on any atom is -0.466 e. The standard InChI is InChI=1S/C11H19NO3/c1-2-15-11(13)7-3-8-5-14-6-9(4-7)10(8)12/h7-10H,2-6,12H2,1H3. The van der Waals surface area contributed by atoms with Crippen LogP contribution in [0, 0.1) is 17.8 Å². The molecule has 2 N–H and O–H groups in total. The first-order valence-corrected chi connectivity index (χ1v) is 5.72. The van der Waals surface area contributed by atoms with Gasteiger partial charge in [0.1, 0.15) is 0 Å². The molecule has 86 valence electrons. The minimum atomic E-state index is -0.0544. The van der Waals surface area contributed by atoms with Gasteiger partial charge in [0.05, 0.1) is 25.7 Å². The maximum absolute atomic E-state index is 11.6. The summed E-state index contributed by atoms with van der Waals surface area (Å²) in [5.41, 5.74) is 6.09. The SMILES string of the molecule is CCOC(=O)C1CC2COCC(C1)C2N. The van der Waals surface area contributed by atoms with E-state index in [4.69, 9.17) is 15.2 Å². The molecule has 0 aromatic heterocycles. The monoisotopic (exact) mass is 213 g/mol. The van der Waals surface area contributed by atoms with Gasteiger partial charge in [-0.3, -0.25) is 4.79 Å². The Morgan fingerprint density at radius 1 is 1.40 bits per heavy atom. The van der Waals surface area contributed by atoms with Crippen LogP contribution in [0.1, 0.15) is 19.8 Å². The van der Waals surface area contributed by atoms with Crippen molar-refractivity contribution in [1.29, 1.82) is 0 Å². The van der Waals surface area contributed by atoms with Crippen LogP contribution in [0.4, 0.5) is 0 Å². The van der Waals surface area contributed by atoms with Crippen LogP contribution in [0.25, 0.3) is 0 Å². The number of hydrogen-bond acceptors (Lipinski definition) is 4. The van der Waals surface area contributed by atoms with Crippen LogP contribution < -0.4 is 5.73 Å². The van der Waals surface area contributed by atoms with Gasteiger partial charge in [0.15, 0.2) is 0 Å². The lowest BCUT2D eigenvalue weighted by molar-refractivity contribution is -0.153. The van der Waals surface area contributed by atoms with Gasteiger partial charge >= 0.3 is 5.97 Å². The molecular formula is C11H19NO3. The normalized spacial score (nSPS) is 39.9. The van der Waals surface area contributed by atoms with E-state index >= 15 is 0 Å². The number of fused-ring (bicyclic) bond motifs is 2. The van der Waals surface area contributed by atoms with E-state index in [1.807, 2.05) is 6.92 Å². The summed E-state index contributed by atoms with van der Waals surface area (Å²) in [6, 6.07) is 0.212. The van der Waals surface area contributed by atoms with E-state index in [9.17, 15) is 4.79 Å². The van der Waals surface area contributed by atoms with E-state index in [0.717, 1.165) is 12.8 Å². The molecule has 1 aliphatic carbocycles. The summed E-state index contributed by atoms with van der Waals surface area (Å²) in [5, 5.41) is 0. The van der Waals surface area contributed by atoms with E-state index < -0.39 is 0 Å². The van der Waals surface area contributed by atoms with Gasteiger partial charge in [-0.05, 0) is 31.6 Å². The fraction of sp³-hybridized carbons (Fsp3) is 0.909. The first-order chi connectivity index (χ1) is 7.22. The van der Waals surface area contributed by atoms with Crippen molar-refractivity contribution in [1.82, 2.24) is 0 Å². The lowest BCUT2D eigenvalue weighted by Gasteiger charge is -2.42. The van der Waals surface area contributed by atoms with E-state index in [-0.39, 0.29) is 17.9 Å². The van der Waals surface area contributed by atoms with E-state index in [1.165, 1.54) is 0 Å². The summed E-state index contributed by atoms with van der Waals surface area (Å²) < 4.78 is 10.5. The van der Waals surface area contributed by atoms with Crippen molar-refractivity contribution in [3.63, 3.8) is 0 Å². The Morgan fingerprint density at radius 3 is 2.53 bits per heavy atom. The molecule has 2 atom stereocenters. The highest BCUT2D eigenvalue weighted by Crippen LogP contribution is 2.36. The summed E-state index contributed by atoms with van der Waals surface area (Å²) in [4.78, 5) is 11.6. The Morgan fingerprint density at radius 2 is 2.00 bits per heavy atom. The topological polar surface area (TPSA) is 61.5 Å². The second-order valence-corrected chi connectivity index (χ2v) is 4.56. The summed E-state index contributed by atoms with van der Waals surface area (Å²) >= 11 is 0. The molecule has 0 aromatic carbocycles. The lowest BCUT2D eigenvalue weighted by Crippen LogP contribution is -2.52. The van der Waals surface area contributed by atoms with Gasteiger partial charge in [-0.2, -0.15) is 0 Å². The highest BCUT2D eigenvalue weighted by atomic mass is 16.5. The van der Waals surface area contributed by atoms with Gasteiger partial charge < -0.3 is 15.2 Å². The molecule has 2 unspecified atom stereocenters. The molecule has 4 heteroatoms. The van der Waals surface area contributed by atoms with Crippen LogP contribution in [0.3, 0.4) is 0 Å². The van der Waals surface area contributed by atoms with Crippen LogP contribution in [-0.4, -0.2) is 31.8 Å². The van der Waals surface area contributed by atoms with Gasteiger partial charge in [-0.25, -0.2) is 0 Å². The first-order valence-electron chi connectivity index (χ1n) is 5.72. The Bertz CT molecular complexity index is 230. The Hall–Kier alpha value is -0.610. The Kier molecular flexibility index (Phi) is 3.26. The number of esters is 1. The molecule has 1 aliphatic heterocycles. The molecule has 2 aliphatic rings. The molecule has 2 bridgehead atoms. The molecule has 2 rings (SSSR count). The molecule has 1 saturated heterocycles. The average molecular weight is 213 g/mol. The van der Waals surface area contributed by atoms with Gasteiger partial charge in [-0.15, -0.1) is 0 Å². The Labute approximate surface area is 90.1 Å². The quantitative estimate of drug-likeness (QED) is 0.680. The largest absolute Gasteiger partial charge is 0.466 e. The van der Waals surface area contributed by atoms with Crippen molar-refractivity contribution in [2.45, 2.75) is 25.8 Å². The maximum Gasteiger partial charge on any atom is 0.308 e. The van der Waals surface area contributed by atoms with Crippen molar-refractivity contribution in [2.75, 3.05) is 19.8 Å². The first kappa shape index (κ1) is 10.9. The average Bonchev–Trinajstić information content (AvgIpc) is 2.17. The fourth-order valence-electron chi connectivity index (χ4n) is 2.71. The molecule has 1 heterocycles. The minimum absolute atomic E-state index is 0.0450. The number of hydrogen-bond donors (Lipinski definition) is 1. The molecule has 4 nitrogen and oxygen atoms in total. The van der Waals surface area contributed by atoms with E-state index in [2.05, 4.69) is 0 Å². The molecular weight excluding hydrogens is 194 g/mol. The zero-order chi connectivity index (χ0) is 10.8. The van der Waals surface area contributed by atoms with Crippen LogP contribution in [-0.2, 0) is 14.3 Å². The summed E-state index contributed by atoms with van der Waals surface area (Å²) in [5.74, 6) is 0.670. The van der Waals surface area contributed by atoms with Gasteiger partial charge in [0.25, 0.3) is 0 Å². The summed E-state index contributed by atoms with van der Waals surface area (Å²) in [6.07, 6.45) is 1.66. The van der Waals surface area contributed by atoms with Crippen LogP contribution in [0.15, 0.2) is 0 Å². The lowest BCUT2D eigenvalue weighted by atomic mass is 9.71. The highest BCUT2D eigenvalue weighted by Gasteiger charge is 2.41. The van der Waals surface area contributed by atoms with E-state index in [0.29, 0.717) is 31.7 Å². The number of ether oxygens (including phenoxy) is 2. The second kappa shape index (κ2) is 4.49. The van der Waals surface area contributed by atoms with Crippen molar-refractivity contribution in [3.05, 3.63) is 0 Å². The zero-order valence-corrected chi connectivity index (χ0v) is 9.15. The summed E-state index contributed by atoms with van der Waals surface area (Å²) in [6.45, 7) is 3.71. The number of nitrogens with two attached hydrogens (primary N) is 1. The molecule has 0 amide bonds. The molecule has 15 heavy (non-hydrogen) atoms. The summed E-state index contributed by atoms with van der Waals surface area (Å²) in [7, 11) is 0. The highest BCUT2D eigenvalue weighted by molar-refractivity contribution is 5.72. The smallest absolute Gasteiger partial charge is 0.308 e. The van der Waals surface area contributed by atoms with Gasteiger partial charge in [-0.1, -0.05) is 0 Å². The van der Waals surface area contributed by atoms with Crippen LogP contribution >= 0.6 is 0 Å². The molecule has 2 fully saturated rings. The van der Waals surface area contributed by atoms with Crippen molar-refractivity contribution < 1.29 is 14.3 Å². The van der Waals surface area contributed by atoms with Crippen LogP contribution in [0.5, 0.6) is 0 Å². The third kappa shape index (κ3) is 2.16. The zero-order valence-electron chi connectivity index (χ0n) is 9.15. The van der Waals surface area contributed by atoms with Gasteiger partial charge in [0, 0.05) is 6.04 Å². The third-order valence-corrected chi connectivity index (χ3v) is 3.55. The second-order valence-electron chi connectivity index (χ2n) is 4.56. The van der Waals surface area contributed by atoms with Crippen molar-refractivity contribution in [3.8, 4) is 0 Å². The third-order valence-electron chi connectivity index (χ3n) is 3.55. The number of rotatable bonds is 2. The van der Waals surface area contributed by atoms with Crippen molar-refractivity contribution in [2.24, 2.45) is 23.5 Å². The number of carbonyl (C=O) groups is 1. The Balaban J connectivity index is 1.98. The predicted octanol–water partition coefficient (Wildman–Crippen LogP) is 0.549. The molecule has 1 saturated carbocycles. The molecule has 0 aromatic rings.